The van der Waals surface area contributed by atoms with Crippen LogP contribution in [-0.2, 0) is 12.3 Å². The number of rotatable bonds is 6. The molecule has 0 unspecified atom stereocenters. The number of benzene rings is 1. The highest BCUT2D eigenvalue weighted by Gasteiger charge is 2.16. The third kappa shape index (κ3) is 3.37. The second-order valence-electron chi connectivity index (χ2n) is 5.01. The number of nitrogens with zero attached hydrogens (tertiary/aromatic N) is 3. The number of hydrogen-bond acceptors (Lipinski definition) is 4. The minimum absolute atomic E-state index is 0.231. The lowest BCUT2D eigenvalue weighted by molar-refractivity contribution is 0.534. The van der Waals surface area contributed by atoms with E-state index in [1.165, 1.54) is 23.9 Å². The molecule has 0 N–H and O–H groups in total. The summed E-state index contributed by atoms with van der Waals surface area (Å²) in [6.07, 6.45) is 3.44. The Kier molecular flexibility index (Phi) is 4.62. The lowest BCUT2D eigenvalue weighted by Gasteiger charge is -2.07. The Balaban J connectivity index is 1.86. The van der Waals surface area contributed by atoms with Crippen LogP contribution in [0.1, 0.15) is 11.3 Å². The van der Waals surface area contributed by atoms with Gasteiger partial charge in [0.05, 0.1) is 11.8 Å². The van der Waals surface area contributed by atoms with Crippen molar-refractivity contribution >= 4 is 11.8 Å². The summed E-state index contributed by atoms with van der Waals surface area (Å²) in [6, 6.07) is 8.45. The third-order valence-electron chi connectivity index (χ3n) is 3.39. The van der Waals surface area contributed by atoms with Crippen molar-refractivity contribution in [1.29, 1.82) is 0 Å². The van der Waals surface area contributed by atoms with Crippen LogP contribution in [0.4, 0.5) is 4.39 Å². The quantitative estimate of drug-likeness (QED) is 0.494. The summed E-state index contributed by atoms with van der Waals surface area (Å²) in [5.74, 6) is 1.94. The second kappa shape index (κ2) is 6.83. The van der Waals surface area contributed by atoms with E-state index in [2.05, 4.69) is 16.8 Å². The molecule has 3 aromatic rings. The van der Waals surface area contributed by atoms with E-state index in [9.17, 15) is 4.39 Å². The Morgan fingerprint density at radius 2 is 2.22 bits per heavy atom. The van der Waals surface area contributed by atoms with Crippen LogP contribution in [0.25, 0.3) is 11.4 Å². The van der Waals surface area contributed by atoms with Gasteiger partial charge in [0.15, 0.2) is 11.0 Å². The number of halogens is 1. The van der Waals surface area contributed by atoms with Crippen LogP contribution in [0.5, 0.6) is 0 Å². The number of aryl methyl sites for hydroxylation is 1. The van der Waals surface area contributed by atoms with Crippen molar-refractivity contribution in [1.82, 2.24) is 14.8 Å². The van der Waals surface area contributed by atoms with Gasteiger partial charge in [-0.05, 0) is 30.7 Å². The van der Waals surface area contributed by atoms with Crippen LogP contribution < -0.4 is 0 Å². The molecule has 0 saturated heterocycles. The molecular formula is C17H16FN3OS. The molecule has 118 valence electrons. The Labute approximate surface area is 138 Å². The van der Waals surface area contributed by atoms with E-state index in [0.29, 0.717) is 12.3 Å². The molecule has 0 aliphatic carbocycles. The van der Waals surface area contributed by atoms with Gasteiger partial charge >= 0.3 is 0 Å². The molecule has 0 atom stereocenters. The molecule has 6 heteroatoms. The zero-order valence-corrected chi connectivity index (χ0v) is 13.5. The molecule has 23 heavy (non-hydrogen) atoms. The van der Waals surface area contributed by atoms with Crippen molar-refractivity contribution in [2.45, 2.75) is 24.4 Å². The van der Waals surface area contributed by atoms with Gasteiger partial charge in [0, 0.05) is 12.3 Å². The molecule has 2 aromatic heterocycles. The molecule has 0 radical (unpaired) electrons. The summed E-state index contributed by atoms with van der Waals surface area (Å²) in [6.45, 7) is 6.28. The fourth-order valence-corrected chi connectivity index (χ4v) is 3.17. The van der Waals surface area contributed by atoms with Gasteiger partial charge in [0.2, 0.25) is 0 Å². The van der Waals surface area contributed by atoms with Gasteiger partial charge in [-0.3, -0.25) is 4.57 Å². The maximum atomic E-state index is 13.3. The van der Waals surface area contributed by atoms with E-state index in [1.54, 1.807) is 18.4 Å². The van der Waals surface area contributed by atoms with Gasteiger partial charge in [-0.2, -0.15) is 0 Å². The number of thioether (sulfide) groups is 1. The standard InChI is InChI=1S/C17H16FN3OS/c1-3-8-21-16(15-7-9-22-12(15)2)19-20-17(21)23-11-13-5-4-6-14(18)10-13/h3-7,9-10H,1,8,11H2,2H3. The van der Waals surface area contributed by atoms with Crippen molar-refractivity contribution in [3.05, 3.63) is 66.4 Å². The highest BCUT2D eigenvalue weighted by Crippen LogP contribution is 2.28. The predicted octanol–water partition coefficient (Wildman–Crippen LogP) is 4.46. The Morgan fingerprint density at radius 3 is 2.91 bits per heavy atom. The van der Waals surface area contributed by atoms with Crippen molar-refractivity contribution in [2.24, 2.45) is 0 Å². The summed E-state index contributed by atoms with van der Waals surface area (Å²) in [4.78, 5) is 0. The predicted molar refractivity (Wildman–Crippen MR) is 88.6 cm³/mol. The SMILES string of the molecule is C=CCn1c(SCc2cccc(F)c2)nnc1-c1ccoc1C. The first kappa shape index (κ1) is 15.6. The molecule has 0 amide bonds. The van der Waals surface area contributed by atoms with Crippen molar-refractivity contribution in [3.63, 3.8) is 0 Å². The van der Waals surface area contributed by atoms with Gasteiger partial charge < -0.3 is 4.42 Å². The summed E-state index contributed by atoms with van der Waals surface area (Å²) in [5.41, 5.74) is 1.82. The van der Waals surface area contributed by atoms with Gasteiger partial charge in [-0.1, -0.05) is 30.0 Å². The van der Waals surface area contributed by atoms with Crippen molar-refractivity contribution < 1.29 is 8.81 Å². The summed E-state index contributed by atoms with van der Waals surface area (Å²) < 4.78 is 20.6. The molecule has 2 heterocycles. The molecule has 0 saturated carbocycles. The highest BCUT2D eigenvalue weighted by atomic mass is 32.2. The number of allylic oxidation sites excluding steroid dienone is 1. The Bertz CT molecular complexity index is 825. The number of hydrogen-bond donors (Lipinski definition) is 0. The van der Waals surface area contributed by atoms with Crippen LogP contribution in [-0.4, -0.2) is 14.8 Å². The molecule has 0 fully saturated rings. The van der Waals surface area contributed by atoms with E-state index in [-0.39, 0.29) is 5.82 Å². The first-order valence-electron chi connectivity index (χ1n) is 7.15. The van der Waals surface area contributed by atoms with Crippen LogP contribution in [0, 0.1) is 12.7 Å². The fourth-order valence-electron chi connectivity index (χ4n) is 2.28. The van der Waals surface area contributed by atoms with Gasteiger partial charge in [-0.25, -0.2) is 4.39 Å². The third-order valence-corrected chi connectivity index (χ3v) is 4.42. The van der Waals surface area contributed by atoms with Crippen LogP contribution in [0.3, 0.4) is 0 Å². The Morgan fingerprint density at radius 1 is 1.35 bits per heavy atom. The van der Waals surface area contributed by atoms with Crippen LogP contribution >= 0.6 is 11.8 Å². The molecule has 0 aliphatic heterocycles. The molecular weight excluding hydrogens is 313 g/mol. The number of furan rings is 1. The lowest BCUT2D eigenvalue weighted by atomic mass is 10.2. The first-order chi connectivity index (χ1) is 11.2. The lowest BCUT2D eigenvalue weighted by Crippen LogP contribution is -2.00. The monoisotopic (exact) mass is 329 g/mol. The average molecular weight is 329 g/mol. The van der Waals surface area contributed by atoms with Crippen molar-refractivity contribution in [3.8, 4) is 11.4 Å². The van der Waals surface area contributed by atoms with E-state index >= 15 is 0 Å². The van der Waals surface area contributed by atoms with E-state index in [4.69, 9.17) is 4.42 Å². The highest BCUT2D eigenvalue weighted by molar-refractivity contribution is 7.98. The van der Waals surface area contributed by atoms with Crippen LogP contribution in [0.15, 0.2) is 58.8 Å². The molecule has 3 rings (SSSR count). The number of aromatic nitrogens is 3. The average Bonchev–Trinajstić information content (AvgIpc) is 3.12. The molecule has 0 spiro atoms. The minimum atomic E-state index is -0.231. The normalized spacial score (nSPS) is 10.9. The molecule has 0 aliphatic rings. The van der Waals surface area contributed by atoms with Crippen molar-refractivity contribution in [2.75, 3.05) is 0 Å². The summed E-state index contributed by atoms with van der Waals surface area (Å²) in [5, 5.41) is 9.31. The van der Waals surface area contributed by atoms with Gasteiger partial charge in [0.25, 0.3) is 0 Å². The maximum Gasteiger partial charge on any atom is 0.192 e. The first-order valence-corrected chi connectivity index (χ1v) is 8.13. The summed E-state index contributed by atoms with van der Waals surface area (Å²) in [7, 11) is 0. The molecule has 1 aromatic carbocycles. The molecule has 4 nitrogen and oxygen atoms in total. The fraction of sp³-hybridized carbons (Fsp3) is 0.176. The maximum absolute atomic E-state index is 13.3. The molecule has 0 bridgehead atoms. The largest absolute Gasteiger partial charge is 0.469 e. The topological polar surface area (TPSA) is 43.9 Å². The van der Waals surface area contributed by atoms with E-state index < -0.39 is 0 Å². The van der Waals surface area contributed by atoms with Gasteiger partial charge in [0.1, 0.15) is 11.6 Å². The van der Waals surface area contributed by atoms with Crippen LogP contribution in [0.2, 0.25) is 0 Å². The zero-order valence-electron chi connectivity index (χ0n) is 12.7. The van der Waals surface area contributed by atoms with E-state index in [0.717, 1.165) is 27.9 Å². The Hall–Kier alpha value is -2.34. The summed E-state index contributed by atoms with van der Waals surface area (Å²) >= 11 is 1.52. The smallest absolute Gasteiger partial charge is 0.192 e. The second-order valence-corrected chi connectivity index (χ2v) is 5.96. The van der Waals surface area contributed by atoms with E-state index in [1.807, 2.05) is 23.6 Å². The zero-order chi connectivity index (χ0) is 16.2. The minimum Gasteiger partial charge on any atom is -0.469 e. The van der Waals surface area contributed by atoms with Gasteiger partial charge in [-0.15, -0.1) is 16.8 Å².